The zero-order chi connectivity index (χ0) is 16.2. The molecule has 2 aliphatic heterocycles. The summed E-state index contributed by atoms with van der Waals surface area (Å²) in [6, 6.07) is -0.00193. The normalized spacial score (nSPS) is 27.5. The van der Waals surface area contributed by atoms with Crippen LogP contribution >= 0.6 is 0 Å². The largest absolute Gasteiger partial charge is 0.396 e. The summed E-state index contributed by atoms with van der Waals surface area (Å²) >= 11 is 0. The van der Waals surface area contributed by atoms with Crippen LogP contribution in [0.4, 0.5) is 4.79 Å². The molecule has 0 aromatic heterocycles. The second kappa shape index (κ2) is 7.62. The Hall–Kier alpha value is -0.850. The van der Waals surface area contributed by atoms with Crippen molar-refractivity contribution < 1.29 is 14.6 Å². The maximum absolute atomic E-state index is 12.4. The quantitative estimate of drug-likeness (QED) is 0.809. The molecule has 0 bridgehead atoms. The highest BCUT2D eigenvalue weighted by atomic mass is 16.5. The molecule has 2 fully saturated rings. The fourth-order valence-electron chi connectivity index (χ4n) is 3.30. The van der Waals surface area contributed by atoms with E-state index in [1.54, 1.807) is 0 Å². The lowest BCUT2D eigenvalue weighted by molar-refractivity contribution is -0.0344. The maximum Gasteiger partial charge on any atom is 0.317 e. The van der Waals surface area contributed by atoms with E-state index >= 15 is 0 Å². The number of carbonyl (C=O) groups is 1. The van der Waals surface area contributed by atoms with Crippen LogP contribution in [0.3, 0.4) is 0 Å². The van der Waals surface area contributed by atoms with Crippen LogP contribution in [0.15, 0.2) is 0 Å². The molecule has 2 heterocycles. The number of hydrogen-bond acceptors (Lipinski definition) is 4. The second-order valence-electron chi connectivity index (χ2n) is 6.91. The number of rotatable bonds is 4. The maximum atomic E-state index is 12.4. The Labute approximate surface area is 133 Å². The first-order valence-electron chi connectivity index (χ1n) is 8.46. The lowest BCUT2D eigenvalue weighted by atomic mass is 9.77. The number of amides is 2. The summed E-state index contributed by atoms with van der Waals surface area (Å²) in [4.78, 5) is 16.5. The molecule has 0 aromatic carbocycles. The van der Waals surface area contributed by atoms with Crippen molar-refractivity contribution in [2.24, 2.45) is 5.41 Å². The molecule has 6 nitrogen and oxygen atoms in total. The minimum absolute atomic E-state index is 0.00551. The molecule has 22 heavy (non-hydrogen) atoms. The molecule has 0 aliphatic carbocycles. The van der Waals surface area contributed by atoms with Gasteiger partial charge in [0, 0.05) is 32.8 Å². The molecule has 6 heteroatoms. The van der Waals surface area contributed by atoms with Gasteiger partial charge in [-0.2, -0.15) is 0 Å². The number of nitrogens with zero attached hydrogens (tertiary/aromatic N) is 2. The molecule has 0 radical (unpaired) electrons. The first-order valence-corrected chi connectivity index (χ1v) is 8.46. The number of aliphatic hydroxyl groups is 1. The summed E-state index contributed by atoms with van der Waals surface area (Å²) in [6.45, 7) is 8.31. The van der Waals surface area contributed by atoms with Gasteiger partial charge in [-0.3, -0.25) is 0 Å². The zero-order valence-electron chi connectivity index (χ0n) is 14.2. The average Bonchev–Trinajstić information content (AvgIpc) is 2.54. The SMILES string of the molecule is CCC1(CO)CCN(C(=O)N[C@H](C)[C@@H]2CN(C)CCO2)CC1. The van der Waals surface area contributed by atoms with Crippen LogP contribution in [0.2, 0.25) is 0 Å². The van der Waals surface area contributed by atoms with Crippen LogP contribution in [0, 0.1) is 5.41 Å². The number of hydrogen-bond donors (Lipinski definition) is 2. The summed E-state index contributed by atoms with van der Waals surface area (Å²) in [5, 5.41) is 12.6. The van der Waals surface area contributed by atoms with Gasteiger partial charge in [0.15, 0.2) is 0 Å². The summed E-state index contributed by atoms with van der Waals surface area (Å²) in [5.74, 6) is 0. The molecule has 128 valence electrons. The lowest BCUT2D eigenvalue weighted by Gasteiger charge is -2.41. The molecule has 2 amide bonds. The Morgan fingerprint density at radius 2 is 2.09 bits per heavy atom. The van der Waals surface area contributed by atoms with Gasteiger partial charge in [-0.05, 0) is 38.6 Å². The predicted octanol–water partition coefficient (Wildman–Crippen LogP) is 0.900. The highest BCUT2D eigenvalue weighted by Gasteiger charge is 2.34. The fourth-order valence-corrected chi connectivity index (χ4v) is 3.30. The molecule has 0 aromatic rings. The van der Waals surface area contributed by atoms with E-state index in [0.29, 0.717) is 0 Å². The van der Waals surface area contributed by atoms with Gasteiger partial charge in [0.2, 0.25) is 0 Å². The monoisotopic (exact) mass is 313 g/mol. The number of urea groups is 1. The van der Waals surface area contributed by atoms with E-state index in [4.69, 9.17) is 4.74 Å². The van der Waals surface area contributed by atoms with Crippen LogP contribution in [-0.4, -0.2) is 79.5 Å². The van der Waals surface area contributed by atoms with Crippen molar-refractivity contribution in [2.75, 3.05) is 46.4 Å². The van der Waals surface area contributed by atoms with Crippen molar-refractivity contribution in [3.63, 3.8) is 0 Å². The van der Waals surface area contributed by atoms with Gasteiger partial charge in [0.1, 0.15) is 0 Å². The predicted molar refractivity (Wildman–Crippen MR) is 85.8 cm³/mol. The number of likely N-dealkylation sites (N-methyl/N-ethyl adjacent to an activating group) is 1. The third kappa shape index (κ3) is 4.12. The van der Waals surface area contributed by atoms with Gasteiger partial charge in [-0.25, -0.2) is 4.79 Å². The van der Waals surface area contributed by atoms with E-state index in [9.17, 15) is 9.90 Å². The second-order valence-corrected chi connectivity index (χ2v) is 6.91. The smallest absolute Gasteiger partial charge is 0.317 e. The average molecular weight is 313 g/mol. The van der Waals surface area contributed by atoms with Crippen molar-refractivity contribution in [2.45, 2.75) is 45.3 Å². The first kappa shape index (κ1) is 17.5. The van der Waals surface area contributed by atoms with Gasteiger partial charge in [0.05, 0.1) is 18.8 Å². The molecule has 2 saturated heterocycles. The van der Waals surface area contributed by atoms with E-state index in [2.05, 4.69) is 24.2 Å². The Balaban J connectivity index is 1.80. The highest BCUT2D eigenvalue weighted by molar-refractivity contribution is 5.74. The Morgan fingerprint density at radius 3 is 2.64 bits per heavy atom. The third-order valence-electron chi connectivity index (χ3n) is 5.40. The molecular weight excluding hydrogens is 282 g/mol. The van der Waals surface area contributed by atoms with Crippen LogP contribution < -0.4 is 5.32 Å². The standard InChI is InChI=1S/C16H31N3O3/c1-4-16(12-20)5-7-19(8-6-16)15(21)17-13(2)14-11-18(3)9-10-22-14/h13-14,20H,4-12H2,1-3H3,(H,17,21)/t13-,14+/m1/s1. The number of aliphatic hydroxyl groups excluding tert-OH is 1. The molecule has 2 rings (SSSR count). The van der Waals surface area contributed by atoms with Crippen LogP contribution in [0.5, 0.6) is 0 Å². The van der Waals surface area contributed by atoms with Crippen LogP contribution in [0.1, 0.15) is 33.1 Å². The van der Waals surface area contributed by atoms with E-state index in [-0.39, 0.29) is 30.2 Å². The number of ether oxygens (including phenoxy) is 1. The summed E-state index contributed by atoms with van der Waals surface area (Å²) in [7, 11) is 2.08. The fraction of sp³-hybridized carbons (Fsp3) is 0.938. The molecule has 2 N–H and O–H groups in total. The topological polar surface area (TPSA) is 65.0 Å². The number of piperidine rings is 1. The molecule has 2 atom stereocenters. The summed E-state index contributed by atoms with van der Waals surface area (Å²) in [6.07, 6.45) is 2.78. The van der Waals surface area contributed by atoms with Crippen molar-refractivity contribution in [1.82, 2.24) is 15.1 Å². The van der Waals surface area contributed by atoms with Gasteiger partial charge in [-0.15, -0.1) is 0 Å². The van der Waals surface area contributed by atoms with Crippen LogP contribution in [-0.2, 0) is 4.74 Å². The van der Waals surface area contributed by atoms with Gasteiger partial charge < -0.3 is 25.0 Å². The molecule has 0 spiro atoms. The van der Waals surface area contributed by atoms with E-state index < -0.39 is 0 Å². The van der Waals surface area contributed by atoms with E-state index in [1.165, 1.54) is 0 Å². The van der Waals surface area contributed by atoms with E-state index in [0.717, 1.165) is 52.0 Å². The number of nitrogens with one attached hydrogen (secondary N) is 1. The Kier molecular flexibility index (Phi) is 6.06. The number of carbonyl (C=O) groups excluding carboxylic acids is 1. The molecular formula is C16H31N3O3. The molecule has 2 aliphatic rings. The van der Waals surface area contributed by atoms with Crippen molar-refractivity contribution >= 4 is 6.03 Å². The minimum Gasteiger partial charge on any atom is -0.396 e. The van der Waals surface area contributed by atoms with E-state index in [1.807, 2.05) is 11.8 Å². The highest BCUT2D eigenvalue weighted by Crippen LogP contribution is 2.34. The van der Waals surface area contributed by atoms with Crippen molar-refractivity contribution in [3.05, 3.63) is 0 Å². The van der Waals surface area contributed by atoms with Gasteiger partial charge in [0.25, 0.3) is 0 Å². The molecule has 0 saturated carbocycles. The first-order chi connectivity index (χ1) is 10.5. The van der Waals surface area contributed by atoms with Crippen LogP contribution in [0.25, 0.3) is 0 Å². The van der Waals surface area contributed by atoms with Crippen molar-refractivity contribution in [1.29, 1.82) is 0 Å². The van der Waals surface area contributed by atoms with Crippen molar-refractivity contribution in [3.8, 4) is 0 Å². The summed E-state index contributed by atoms with van der Waals surface area (Å²) < 4.78 is 5.76. The Bertz CT molecular complexity index is 364. The van der Waals surface area contributed by atoms with Gasteiger partial charge >= 0.3 is 6.03 Å². The zero-order valence-corrected chi connectivity index (χ0v) is 14.2. The van der Waals surface area contributed by atoms with Gasteiger partial charge in [-0.1, -0.05) is 6.92 Å². The minimum atomic E-state index is -0.00744. The Morgan fingerprint density at radius 1 is 1.41 bits per heavy atom. The number of morpholine rings is 1. The number of likely N-dealkylation sites (tertiary alicyclic amines) is 1. The lowest BCUT2D eigenvalue weighted by Crippen LogP contribution is -2.55. The third-order valence-corrected chi connectivity index (χ3v) is 5.40. The molecule has 0 unspecified atom stereocenters. The summed E-state index contributed by atoms with van der Waals surface area (Å²) in [5.41, 5.74) is 0.0115.